The third-order valence-corrected chi connectivity index (χ3v) is 2.68. The summed E-state index contributed by atoms with van der Waals surface area (Å²) in [6.45, 7) is 0. The first-order valence-electron chi connectivity index (χ1n) is 3.07. The van der Waals surface area contributed by atoms with E-state index in [9.17, 15) is 0 Å². The van der Waals surface area contributed by atoms with Gasteiger partial charge >= 0.3 is 0 Å². The zero-order valence-corrected chi connectivity index (χ0v) is 4.15. The van der Waals surface area contributed by atoms with E-state index < -0.39 is 0 Å². The molecule has 3 aliphatic carbocycles. The van der Waals surface area contributed by atoms with Gasteiger partial charge in [-0.1, -0.05) is 0 Å². The fraction of sp³-hybridized carbons (Fsp3) is 0.714. The fourth-order valence-corrected chi connectivity index (χ4v) is 2.02. The second-order valence-electron chi connectivity index (χ2n) is 2.95. The average molecular weight is 91.1 g/mol. The maximum atomic E-state index is 3.35. The minimum atomic E-state index is 1.06. The Morgan fingerprint density at radius 1 is 1.43 bits per heavy atom. The van der Waals surface area contributed by atoms with Gasteiger partial charge in [-0.3, -0.25) is 0 Å². The minimum Gasteiger partial charge on any atom is -0.0462 e. The van der Waals surface area contributed by atoms with Crippen LogP contribution in [0.2, 0.25) is 0 Å². The summed E-state index contributed by atoms with van der Waals surface area (Å²) in [4.78, 5) is 0. The van der Waals surface area contributed by atoms with Crippen molar-refractivity contribution in [1.29, 1.82) is 0 Å². The SMILES string of the molecule is [C]1CC2[C]1C1CC21. The molecule has 0 aromatic heterocycles. The quantitative estimate of drug-likeness (QED) is 0.421. The molecule has 3 saturated carbocycles. The average Bonchev–Trinajstić information content (AvgIpc) is 2.14. The van der Waals surface area contributed by atoms with Crippen LogP contribution in [0.5, 0.6) is 0 Å². The molecule has 0 saturated heterocycles. The van der Waals surface area contributed by atoms with Crippen LogP contribution in [0.1, 0.15) is 12.8 Å². The van der Waals surface area contributed by atoms with Gasteiger partial charge in [-0.25, -0.2) is 0 Å². The molecule has 0 spiro atoms. The molecule has 3 aliphatic rings. The third kappa shape index (κ3) is 0.181. The second kappa shape index (κ2) is 0.667. The Morgan fingerprint density at radius 3 is 2.71 bits per heavy atom. The molecule has 0 aromatic rings. The Bertz CT molecular complexity index is 103. The minimum absolute atomic E-state index is 1.06. The van der Waals surface area contributed by atoms with Gasteiger partial charge in [0.2, 0.25) is 0 Å². The number of hydrogen-bond acceptors (Lipinski definition) is 0. The van der Waals surface area contributed by atoms with Gasteiger partial charge in [0.25, 0.3) is 0 Å². The first-order valence-corrected chi connectivity index (χ1v) is 3.07. The highest BCUT2D eigenvalue weighted by Crippen LogP contribution is 2.72. The van der Waals surface area contributed by atoms with Crippen LogP contribution in [0.15, 0.2) is 0 Å². The van der Waals surface area contributed by atoms with Crippen LogP contribution in [0.4, 0.5) is 0 Å². The van der Waals surface area contributed by atoms with E-state index in [-0.39, 0.29) is 0 Å². The lowest BCUT2D eigenvalue weighted by molar-refractivity contribution is 0.267. The zero-order chi connectivity index (χ0) is 4.43. The van der Waals surface area contributed by atoms with Crippen molar-refractivity contribution >= 4 is 0 Å². The van der Waals surface area contributed by atoms with Crippen molar-refractivity contribution in [3.63, 3.8) is 0 Å². The lowest BCUT2D eigenvalue weighted by Gasteiger charge is -2.44. The van der Waals surface area contributed by atoms with Crippen LogP contribution >= 0.6 is 0 Å². The monoisotopic (exact) mass is 91.1 g/mol. The molecule has 0 heterocycles. The van der Waals surface area contributed by atoms with Gasteiger partial charge < -0.3 is 0 Å². The van der Waals surface area contributed by atoms with E-state index in [0.717, 1.165) is 17.8 Å². The summed E-state index contributed by atoms with van der Waals surface area (Å²) in [7, 11) is 0. The lowest BCUT2D eigenvalue weighted by Crippen LogP contribution is -2.37. The van der Waals surface area contributed by atoms with Gasteiger partial charge in [0.15, 0.2) is 0 Å². The molecule has 0 bridgehead atoms. The maximum absolute atomic E-state index is 3.35. The van der Waals surface area contributed by atoms with Crippen LogP contribution in [-0.4, -0.2) is 0 Å². The van der Waals surface area contributed by atoms with Gasteiger partial charge in [-0.2, -0.15) is 0 Å². The molecule has 0 N–H and O–H groups in total. The summed E-state index contributed by atoms with van der Waals surface area (Å²) in [5.41, 5.74) is 0. The zero-order valence-electron chi connectivity index (χ0n) is 4.15. The molecule has 3 atom stereocenters. The lowest BCUT2D eigenvalue weighted by atomic mass is 9.60. The fourth-order valence-electron chi connectivity index (χ4n) is 2.02. The van der Waals surface area contributed by atoms with E-state index >= 15 is 0 Å². The van der Waals surface area contributed by atoms with Crippen molar-refractivity contribution in [2.24, 2.45) is 17.8 Å². The third-order valence-electron chi connectivity index (χ3n) is 2.68. The van der Waals surface area contributed by atoms with Crippen LogP contribution in [0.3, 0.4) is 0 Å². The number of hydrogen-bond donors (Lipinski definition) is 0. The Labute approximate surface area is 43.9 Å². The molecule has 3 radical (unpaired) electrons. The topological polar surface area (TPSA) is 0 Å². The summed E-state index contributed by atoms with van der Waals surface area (Å²) >= 11 is 0. The van der Waals surface area contributed by atoms with Gasteiger partial charge in [0.1, 0.15) is 0 Å². The van der Waals surface area contributed by atoms with Crippen LogP contribution < -0.4 is 0 Å². The molecule has 0 aromatic carbocycles. The summed E-state index contributed by atoms with van der Waals surface area (Å²) in [6.07, 6.45) is 6.18. The van der Waals surface area contributed by atoms with Gasteiger partial charge in [-0.15, -0.1) is 0 Å². The largest absolute Gasteiger partial charge is 0.0462 e. The first-order chi connectivity index (χ1) is 3.47. The van der Waals surface area contributed by atoms with E-state index in [2.05, 4.69) is 6.42 Å². The highest BCUT2D eigenvalue weighted by atomic mass is 14.7. The highest BCUT2D eigenvalue weighted by molar-refractivity contribution is 5.39. The molecule has 0 heteroatoms. The first kappa shape index (κ1) is 3.11. The van der Waals surface area contributed by atoms with E-state index in [4.69, 9.17) is 0 Å². The number of fused-ring (bicyclic) bond motifs is 4. The van der Waals surface area contributed by atoms with Crippen molar-refractivity contribution in [2.75, 3.05) is 0 Å². The van der Waals surface area contributed by atoms with Crippen LogP contribution in [-0.2, 0) is 0 Å². The van der Waals surface area contributed by atoms with E-state index in [1.165, 1.54) is 12.8 Å². The van der Waals surface area contributed by atoms with Crippen molar-refractivity contribution in [3.8, 4) is 0 Å². The van der Waals surface area contributed by atoms with E-state index in [0.29, 0.717) is 0 Å². The molecule has 3 rings (SSSR count). The van der Waals surface area contributed by atoms with E-state index in [1.807, 2.05) is 0 Å². The van der Waals surface area contributed by atoms with Crippen LogP contribution in [0, 0.1) is 30.1 Å². The van der Waals surface area contributed by atoms with Crippen molar-refractivity contribution in [2.45, 2.75) is 12.8 Å². The number of rotatable bonds is 0. The molecular formula is C7H7. The molecule has 3 unspecified atom stereocenters. The second-order valence-corrected chi connectivity index (χ2v) is 2.95. The maximum Gasteiger partial charge on any atom is -0.00907 e. The molecular weight excluding hydrogens is 84.1 g/mol. The van der Waals surface area contributed by atoms with Crippen molar-refractivity contribution in [1.82, 2.24) is 0 Å². The standard InChI is InChI=1S/C7H7/c1-2-5-4(1)6-3-7(5)6/h4,6-7H,1,3H2. The van der Waals surface area contributed by atoms with Crippen molar-refractivity contribution < 1.29 is 0 Å². The predicted octanol–water partition coefficient (Wildman–Crippen LogP) is 1.31. The normalized spacial score (nSPS) is 64.3. The molecule has 0 amide bonds. The van der Waals surface area contributed by atoms with Gasteiger partial charge in [-0.05, 0) is 42.9 Å². The summed E-state index contributed by atoms with van der Waals surface area (Å²) < 4.78 is 0. The Balaban J connectivity index is 1.98. The molecule has 7 heavy (non-hydrogen) atoms. The smallest absolute Gasteiger partial charge is 0.00907 e. The predicted molar refractivity (Wildman–Crippen MR) is 26.2 cm³/mol. The van der Waals surface area contributed by atoms with Crippen molar-refractivity contribution in [3.05, 3.63) is 12.3 Å². The Kier molecular flexibility index (Phi) is 0.296. The molecule has 35 valence electrons. The Morgan fingerprint density at radius 2 is 2.43 bits per heavy atom. The molecule has 0 aliphatic heterocycles. The molecule has 3 fully saturated rings. The highest BCUT2D eigenvalue weighted by Gasteiger charge is 2.65. The van der Waals surface area contributed by atoms with Gasteiger partial charge in [0.05, 0.1) is 0 Å². The van der Waals surface area contributed by atoms with Gasteiger partial charge in [0, 0.05) is 0 Å². The van der Waals surface area contributed by atoms with E-state index in [1.54, 1.807) is 5.92 Å². The summed E-state index contributed by atoms with van der Waals surface area (Å²) in [5.74, 6) is 4.99. The summed E-state index contributed by atoms with van der Waals surface area (Å²) in [6, 6.07) is 0. The molecule has 0 nitrogen and oxygen atoms in total. The Hall–Kier alpha value is 0. The summed E-state index contributed by atoms with van der Waals surface area (Å²) in [5, 5.41) is 0. The van der Waals surface area contributed by atoms with Crippen LogP contribution in [0.25, 0.3) is 0 Å².